The van der Waals surface area contributed by atoms with Crippen LogP contribution in [0.1, 0.15) is 27.8 Å². The molecule has 0 bridgehead atoms. The molecule has 0 saturated heterocycles. The second-order valence-electron chi connectivity index (χ2n) is 4.80. The van der Waals surface area contributed by atoms with Gasteiger partial charge in [0.25, 0.3) is 0 Å². The van der Waals surface area contributed by atoms with Crippen molar-refractivity contribution in [1.29, 1.82) is 0 Å². The third kappa shape index (κ3) is 3.19. The molecule has 1 aromatic carbocycles. The summed E-state index contributed by atoms with van der Waals surface area (Å²) >= 11 is 5.62. The summed E-state index contributed by atoms with van der Waals surface area (Å²) in [4.78, 5) is 0.353. The Labute approximate surface area is 120 Å². The van der Waals surface area contributed by atoms with Crippen molar-refractivity contribution in [3.05, 3.63) is 39.4 Å². The summed E-state index contributed by atoms with van der Waals surface area (Å²) in [5, 5.41) is 0.263. The summed E-state index contributed by atoms with van der Waals surface area (Å²) in [5.74, 6) is 0. The van der Waals surface area contributed by atoms with Crippen molar-refractivity contribution < 1.29 is 8.42 Å². The standard InChI is InChI=1S/C14H20ClNO2S/c1-8(15)7-16-19(17,18)14-12(5)10(3)9(2)11(4)13(14)6/h16H,1,7H2,2-6H3. The fourth-order valence-corrected chi connectivity index (χ4v) is 3.88. The van der Waals surface area contributed by atoms with Gasteiger partial charge in [-0.3, -0.25) is 0 Å². The predicted octanol–water partition coefficient (Wildman–Crippen LogP) is 3.26. The number of benzene rings is 1. The average molecular weight is 302 g/mol. The van der Waals surface area contributed by atoms with Gasteiger partial charge in [-0.25, -0.2) is 13.1 Å². The van der Waals surface area contributed by atoms with Gasteiger partial charge < -0.3 is 0 Å². The first-order valence-electron chi connectivity index (χ1n) is 5.99. The van der Waals surface area contributed by atoms with E-state index in [-0.39, 0.29) is 11.6 Å². The Balaban J connectivity index is 3.47. The van der Waals surface area contributed by atoms with Crippen LogP contribution in [0.25, 0.3) is 0 Å². The van der Waals surface area contributed by atoms with E-state index < -0.39 is 10.0 Å². The molecule has 1 N–H and O–H groups in total. The molecule has 0 aliphatic rings. The zero-order valence-corrected chi connectivity index (χ0v) is 13.6. The topological polar surface area (TPSA) is 46.2 Å². The van der Waals surface area contributed by atoms with Crippen molar-refractivity contribution in [2.75, 3.05) is 6.54 Å². The number of halogens is 1. The number of sulfonamides is 1. The van der Waals surface area contributed by atoms with Gasteiger partial charge in [-0.1, -0.05) is 18.2 Å². The third-order valence-electron chi connectivity index (χ3n) is 3.65. The predicted molar refractivity (Wildman–Crippen MR) is 80.3 cm³/mol. The van der Waals surface area contributed by atoms with Crippen LogP contribution >= 0.6 is 11.6 Å². The molecule has 1 rings (SSSR count). The van der Waals surface area contributed by atoms with Crippen LogP contribution in [0, 0.1) is 34.6 Å². The van der Waals surface area contributed by atoms with Crippen molar-refractivity contribution in [2.24, 2.45) is 0 Å². The molecule has 0 aromatic heterocycles. The number of rotatable bonds is 4. The summed E-state index contributed by atoms with van der Waals surface area (Å²) in [6.07, 6.45) is 0. The zero-order valence-electron chi connectivity index (χ0n) is 12.0. The van der Waals surface area contributed by atoms with E-state index in [0.717, 1.165) is 27.8 Å². The van der Waals surface area contributed by atoms with Gasteiger partial charge in [-0.2, -0.15) is 0 Å². The smallest absolute Gasteiger partial charge is 0.207 e. The van der Waals surface area contributed by atoms with E-state index in [1.807, 2.05) is 34.6 Å². The van der Waals surface area contributed by atoms with Crippen LogP contribution in [0.2, 0.25) is 0 Å². The van der Waals surface area contributed by atoms with Crippen LogP contribution in [-0.2, 0) is 10.0 Å². The molecule has 0 saturated carbocycles. The SMILES string of the molecule is C=C(Cl)CNS(=O)(=O)c1c(C)c(C)c(C)c(C)c1C. The fourth-order valence-electron chi connectivity index (χ4n) is 2.11. The molecule has 0 amide bonds. The lowest BCUT2D eigenvalue weighted by Gasteiger charge is -2.18. The molecule has 0 unspecified atom stereocenters. The summed E-state index contributed by atoms with van der Waals surface area (Å²) in [7, 11) is -3.57. The number of nitrogens with one attached hydrogen (secondary N) is 1. The maximum Gasteiger partial charge on any atom is 0.241 e. The Bertz CT molecular complexity index is 604. The van der Waals surface area contributed by atoms with E-state index >= 15 is 0 Å². The fraction of sp³-hybridized carbons (Fsp3) is 0.429. The van der Waals surface area contributed by atoms with Crippen molar-refractivity contribution in [3.63, 3.8) is 0 Å². The minimum atomic E-state index is -3.57. The van der Waals surface area contributed by atoms with Gasteiger partial charge >= 0.3 is 0 Å². The molecule has 0 radical (unpaired) electrons. The normalized spacial score (nSPS) is 11.7. The van der Waals surface area contributed by atoms with E-state index in [4.69, 9.17) is 11.6 Å². The first kappa shape index (κ1) is 16.2. The minimum absolute atomic E-state index is 0.0364. The maximum atomic E-state index is 12.4. The molecule has 1 aromatic rings. The molecule has 0 aliphatic heterocycles. The zero-order chi connectivity index (χ0) is 15.0. The van der Waals surface area contributed by atoms with Crippen LogP contribution in [0.3, 0.4) is 0 Å². The first-order valence-corrected chi connectivity index (χ1v) is 7.85. The van der Waals surface area contributed by atoms with Gasteiger partial charge in [-0.05, 0) is 62.4 Å². The highest BCUT2D eigenvalue weighted by Gasteiger charge is 2.23. The third-order valence-corrected chi connectivity index (χ3v) is 5.46. The average Bonchev–Trinajstić information content (AvgIpc) is 2.31. The van der Waals surface area contributed by atoms with E-state index in [9.17, 15) is 8.42 Å². The molecule has 0 heterocycles. The van der Waals surface area contributed by atoms with Crippen molar-refractivity contribution in [1.82, 2.24) is 4.72 Å². The Morgan fingerprint density at radius 3 is 1.74 bits per heavy atom. The molecule has 0 aliphatic carbocycles. The lowest BCUT2D eigenvalue weighted by atomic mass is 9.95. The summed E-state index contributed by atoms with van der Waals surface area (Å²) < 4.78 is 27.2. The summed E-state index contributed by atoms with van der Waals surface area (Å²) in [6, 6.07) is 0. The highest BCUT2D eigenvalue weighted by molar-refractivity contribution is 7.89. The maximum absolute atomic E-state index is 12.4. The first-order chi connectivity index (χ1) is 8.59. The highest BCUT2D eigenvalue weighted by atomic mass is 35.5. The lowest BCUT2D eigenvalue weighted by Crippen LogP contribution is -2.27. The monoisotopic (exact) mass is 301 g/mol. The molecule has 5 heteroatoms. The van der Waals surface area contributed by atoms with E-state index in [2.05, 4.69) is 11.3 Å². The Kier molecular flexibility index (Phi) is 4.82. The largest absolute Gasteiger partial charge is 0.241 e. The molecule has 0 spiro atoms. The van der Waals surface area contributed by atoms with Crippen LogP contribution in [-0.4, -0.2) is 15.0 Å². The quantitative estimate of drug-likeness (QED) is 0.928. The summed E-state index contributed by atoms with van der Waals surface area (Å²) in [5.41, 5.74) is 4.72. The van der Waals surface area contributed by atoms with Gasteiger partial charge in [-0.15, -0.1) is 0 Å². The molecule has 3 nitrogen and oxygen atoms in total. The van der Waals surface area contributed by atoms with Crippen LogP contribution in [0.5, 0.6) is 0 Å². The highest BCUT2D eigenvalue weighted by Crippen LogP contribution is 2.29. The van der Waals surface area contributed by atoms with Gasteiger partial charge in [0.2, 0.25) is 10.0 Å². The van der Waals surface area contributed by atoms with Crippen molar-refractivity contribution >= 4 is 21.6 Å². The van der Waals surface area contributed by atoms with Crippen molar-refractivity contribution in [2.45, 2.75) is 39.5 Å². The lowest BCUT2D eigenvalue weighted by molar-refractivity contribution is 0.583. The molecule has 0 atom stereocenters. The van der Waals surface area contributed by atoms with Crippen LogP contribution in [0.15, 0.2) is 16.5 Å². The van der Waals surface area contributed by atoms with Gasteiger partial charge in [0.15, 0.2) is 0 Å². The van der Waals surface area contributed by atoms with E-state index in [0.29, 0.717) is 4.90 Å². The molecular weight excluding hydrogens is 282 g/mol. The van der Waals surface area contributed by atoms with Gasteiger partial charge in [0.1, 0.15) is 0 Å². The number of hydrogen-bond donors (Lipinski definition) is 1. The van der Waals surface area contributed by atoms with Crippen LogP contribution in [0.4, 0.5) is 0 Å². The van der Waals surface area contributed by atoms with Crippen molar-refractivity contribution in [3.8, 4) is 0 Å². The van der Waals surface area contributed by atoms with Crippen LogP contribution < -0.4 is 4.72 Å². The second-order valence-corrected chi connectivity index (χ2v) is 7.03. The number of hydrogen-bond acceptors (Lipinski definition) is 2. The van der Waals surface area contributed by atoms with E-state index in [1.54, 1.807) is 0 Å². The van der Waals surface area contributed by atoms with Gasteiger partial charge in [0.05, 0.1) is 4.90 Å². The molecule has 0 fully saturated rings. The molecular formula is C14H20ClNO2S. The molecule has 19 heavy (non-hydrogen) atoms. The minimum Gasteiger partial charge on any atom is -0.207 e. The van der Waals surface area contributed by atoms with Gasteiger partial charge in [0, 0.05) is 11.6 Å². The summed E-state index contributed by atoms with van der Waals surface area (Å²) in [6.45, 7) is 13.1. The Hall–Kier alpha value is -0.840. The van der Waals surface area contributed by atoms with E-state index in [1.165, 1.54) is 0 Å². The Morgan fingerprint density at radius 1 is 1.00 bits per heavy atom. The molecule has 106 valence electrons. The Morgan fingerprint density at radius 2 is 1.37 bits per heavy atom. The second kappa shape index (κ2) is 5.65.